The maximum atomic E-state index is 12.9. The number of carbonyl (C=O) groups is 1. The van der Waals surface area contributed by atoms with Crippen molar-refractivity contribution in [3.05, 3.63) is 47.2 Å². The molecule has 4 rings (SSSR count). The first-order valence-electron chi connectivity index (χ1n) is 9.23. The smallest absolute Gasteiger partial charge is 0.247 e. The van der Waals surface area contributed by atoms with Crippen LogP contribution in [0, 0.1) is 0 Å². The molecule has 148 valence electrons. The summed E-state index contributed by atoms with van der Waals surface area (Å²) in [5.74, 6) is 1.18. The van der Waals surface area contributed by atoms with Crippen LogP contribution in [0.15, 0.2) is 41.3 Å². The van der Waals surface area contributed by atoms with Crippen LogP contribution in [-0.4, -0.2) is 58.8 Å². The molecule has 0 aliphatic carbocycles. The van der Waals surface area contributed by atoms with Gasteiger partial charge in [0.15, 0.2) is 5.82 Å². The van der Waals surface area contributed by atoms with Crippen molar-refractivity contribution in [3.63, 3.8) is 0 Å². The summed E-state index contributed by atoms with van der Waals surface area (Å²) in [5, 5.41) is 10.3. The first-order chi connectivity index (χ1) is 13.4. The highest BCUT2D eigenvalue weighted by atomic mass is 35.5. The van der Waals surface area contributed by atoms with Crippen molar-refractivity contribution in [3.8, 4) is 0 Å². The number of amides is 1. The fourth-order valence-electron chi connectivity index (χ4n) is 3.43. The van der Waals surface area contributed by atoms with Crippen LogP contribution in [0.4, 0.5) is 5.82 Å². The van der Waals surface area contributed by atoms with E-state index >= 15 is 0 Å². The summed E-state index contributed by atoms with van der Waals surface area (Å²) >= 11 is 6.13. The molecule has 3 aliphatic heterocycles. The third kappa shape index (κ3) is 3.70. The molecule has 1 amide bonds. The summed E-state index contributed by atoms with van der Waals surface area (Å²) in [7, 11) is 0. The quantitative estimate of drug-likeness (QED) is 0.701. The molecule has 4 heterocycles. The number of aromatic nitrogens is 2. The second-order valence-electron chi connectivity index (χ2n) is 7.37. The molecular formula is C19H23ClN6O2. The van der Waals surface area contributed by atoms with E-state index < -0.39 is 5.54 Å². The minimum absolute atomic E-state index is 0.0221. The van der Waals surface area contributed by atoms with Gasteiger partial charge in [-0.1, -0.05) is 11.6 Å². The Hall–Kier alpha value is -2.58. The highest BCUT2D eigenvalue weighted by Gasteiger charge is 2.33. The molecule has 3 N–H and O–H groups in total. The summed E-state index contributed by atoms with van der Waals surface area (Å²) in [6.45, 7) is 6.07. The second kappa shape index (κ2) is 7.44. The molecule has 1 saturated heterocycles. The molecule has 9 heteroatoms. The van der Waals surface area contributed by atoms with Crippen molar-refractivity contribution in [1.82, 2.24) is 25.5 Å². The molecule has 28 heavy (non-hydrogen) atoms. The van der Waals surface area contributed by atoms with E-state index in [1.807, 2.05) is 31.0 Å². The topological polar surface area (TPSA) is 91.4 Å². The van der Waals surface area contributed by atoms with Gasteiger partial charge in [-0.05, 0) is 26.0 Å². The fraction of sp³-hybridized carbons (Fsp3) is 0.421. The Morgan fingerprint density at radius 3 is 2.86 bits per heavy atom. The minimum atomic E-state index is -0.800. The van der Waals surface area contributed by atoms with Crippen LogP contribution in [-0.2, 0) is 9.53 Å². The molecule has 0 spiro atoms. The maximum Gasteiger partial charge on any atom is 0.247 e. The number of rotatable bonds is 4. The highest BCUT2D eigenvalue weighted by molar-refractivity contribution is 6.31. The third-order valence-electron chi connectivity index (χ3n) is 4.87. The minimum Gasteiger partial charge on any atom is -0.378 e. The van der Waals surface area contributed by atoms with Gasteiger partial charge in [0.05, 0.1) is 18.2 Å². The van der Waals surface area contributed by atoms with Crippen molar-refractivity contribution < 1.29 is 9.53 Å². The Kier molecular flexibility index (Phi) is 4.99. The molecular weight excluding hydrogens is 380 g/mol. The largest absolute Gasteiger partial charge is 0.378 e. The zero-order chi connectivity index (χ0) is 19.7. The number of carbonyl (C=O) groups excluding carboxylic acids is 1. The Labute approximate surface area is 168 Å². The lowest BCUT2D eigenvalue weighted by molar-refractivity contribution is -0.139. The summed E-state index contributed by atoms with van der Waals surface area (Å²) in [6.07, 6.45) is 7.15. The van der Waals surface area contributed by atoms with Crippen molar-refractivity contribution in [2.75, 3.05) is 31.6 Å². The number of allylic oxidation sites excluding steroid dienone is 2. The fourth-order valence-corrected chi connectivity index (χ4v) is 3.62. The summed E-state index contributed by atoms with van der Waals surface area (Å²) in [6, 6.07) is 1.76. The number of nitrogens with zero attached hydrogens (tertiary/aromatic N) is 3. The molecule has 1 unspecified atom stereocenters. The van der Waals surface area contributed by atoms with Gasteiger partial charge in [0.2, 0.25) is 5.91 Å². The average Bonchev–Trinajstić information content (AvgIpc) is 3.11. The van der Waals surface area contributed by atoms with Crippen LogP contribution in [0.3, 0.4) is 0 Å². The standard InChI is InChI=1S/C19H23ClN6O2/c1-19(2,18(27)26-5-7-28-8-6-26)25-15-3-4-21-17(24-15)14-11-23-16-13(14)9-12(20)10-22-16/h3-4,9-11,16,22-23H,5-8H2,1-2H3,(H,21,24,25). The van der Waals surface area contributed by atoms with E-state index in [1.54, 1.807) is 18.5 Å². The van der Waals surface area contributed by atoms with Crippen LogP contribution in [0.25, 0.3) is 5.57 Å². The average molecular weight is 403 g/mol. The van der Waals surface area contributed by atoms with Gasteiger partial charge in [-0.3, -0.25) is 4.79 Å². The van der Waals surface area contributed by atoms with Gasteiger partial charge >= 0.3 is 0 Å². The van der Waals surface area contributed by atoms with Crippen LogP contribution in [0.1, 0.15) is 19.7 Å². The summed E-state index contributed by atoms with van der Waals surface area (Å²) in [4.78, 5) is 23.7. The number of halogens is 1. The number of fused-ring (bicyclic) bond motifs is 1. The lowest BCUT2D eigenvalue weighted by Crippen LogP contribution is -2.53. The van der Waals surface area contributed by atoms with E-state index in [1.165, 1.54) is 0 Å². The predicted molar refractivity (Wildman–Crippen MR) is 107 cm³/mol. The van der Waals surface area contributed by atoms with Crippen molar-refractivity contribution in [1.29, 1.82) is 0 Å². The molecule has 1 aromatic rings. The van der Waals surface area contributed by atoms with E-state index in [9.17, 15) is 4.79 Å². The van der Waals surface area contributed by atoms with Crippen molar-refractivity contribution in [2.45, 2.75) is 25.6 Å². The molecule has 8 nitrogen and oxygen atoms in total. The molecule has 0 radical (unpaired) electrons. The Morgan fingerprint density at radius 2 is 2.07 bits per heavy atom. The lowest BCUT2D eigenvalue weighted by atomic mass is 10.0. The monoisotopic (exact) mass is 402 g/mol. The number of morpholine rings is 1. The number of dihydropyridines is 1. The van der Waals surface area contributed by atoms with Crippen molar-refractivity contribution >= 4 is 28.9 Å². The molecule has 0 aromatic carbocycles. The molecule has 1 aromatic heterocycles. The van der Waals surface area contributed by atoms with Gasteiger partial charge < -0.3 is 25.6 Å². The first kappa shape index (κ1) is 18.8. The predicted octanol–water partition coefficient (Wildman–Crippen LogP) is 1.41. The van der Waals surface area contributed by atoms with Crippen LogP contribution < -0.4 is 16.0 Å². The van der Waals surface area contributed by atoms with E-state index in [2.05, 4.69) is 25.9 Å². The normalized spacial score (nSPS) is 21.6. The Bertz CT molecular complexity index is 873. The van der Waals surface area contributed by atoms with Gasteiger partial charge in [-0.2, -0.15) is 0 Å². The zero-order valence-corrected chi connectivity index (χ0v) is 16.6. The highest BCUT2D eigenvalue weighted by Crippen LogP contribution is 2.31. The SMILES string of the molecule is CC(C)(Nc1ccnc(C2=CNC3NC=C(Cl)C=C23)n1)C(=O)N1CCOCC1. The summed E-state index contributed by atoms with van der Waals surface area (Å²) < 4.78 is 5.33. The summed E-state index contributed by atoms with van der Waals surface area (Å²) in [5.41, 5.74) is 1.05. The van der Waals surface area contributed by atoms with Gasteiger partial charge in [0.25, 0.3) is 0 Å². The zero-order valence-electron chi connectivity index (χ0n) is 15.8. The van der Waals surface area contributed by atoms with Gasteiger partial charge in [0.1, 0.15) is 17.5 Å². The van der Waals surface area contributed by atoms with Gasteiger partial charge in [-0.15, -0.1) is 0 Å². The first-order valence-corrected chi connectivity index (χ1v) is 9.60. The molecule has 0 saturated carbocycles. The Morgan fingerprint density at radius 1 is 1.32 bits per heavy atom. The molecule has 0 bridgehead atoms. The van der Waals surface area contributed by atoms with E-state index in [0.717, 1.165) is 11.1 Å². The van der Waals surface area contributed by atoms with Crippen LogP contribution in [0.5, 0.6) is 0 Å². The van der Waals surface area contributed by atoms with E-state index in [0.29, 0.717) is 43.0 Å². The molecule has 3 aliphatic rings. The van der Waals surface area contributed by atoms with Crippen LogP contribution in [0.2, 0.25) is 0 Å². The third-order valence-corrected chi connectivity index (χ3v) is 5.09. The Balaban J connectivity index is 1.53. The van der Waals surface area contributed by atoms with E-state index in [-0.39, 0.29) is 12.1 Å². The number of hydrogen-bond donors (Lipinski definition) is 3. The molecule has 1 fully saturated rings. The number of nitrogens with one attached hydrogen (secondary N) is 3. The van der Waals surface area contributed by atoms with Gasteiger partial charge in [-0.25, -0.2) is 9.97 Å². The van der Waals surface area contributed by atoms with Crippen molar-refractivity contribution in [2.24, 2.45) is 0 Å². The lowest BCUT2D eigenvalue weighted by Gasteiger charge is -2.35. The number of ether oxygens (including phenoxy) is 1. The molecule has 1 atom stereocenters. The maximum absolute atomic E-state index is 12.9. The van der Waals surface area contributed by atoms with Crippen LogP contribution >= 0.6 is 11.6 Å². The number of hydrogen-bond acceptors (Lipinski definition) is 7. The second-order valence-corrected chi connectivity index (χ2v) is 7.81. The van der Waals surface area contributed by atoms with Gasteiger partial charge in [0, 0.05) is 42.8 Å². The van der Waals surface area contributed by atoms with E-state index in [4.69, 9.17) is 16.3 Å². The number of anilines is 1.